The molecule has 0 saturated carbocycles. The molecule has 0 bridgehead atoms. The molecule has 1 amide bonds. The molecule has 0 spiro atoms. The second-order valence-electron chi connectivity index (χ2n) is 3.60. The number of nitrogens with zero attached hydrogens (tertiary/aromatic N) is 1. The summed E-state index contributed by atoms with van der Waals surface area (Å²) in [6, 6.07) is 3.03. The van der Waals surface area contributed by atoms with E-state index in [9.17, 15) is 14.7 Å². The highest BCUT2D eigenvalue weighted by Gasteiger charge is 2.23. The van der Waals surface area contributed by atoms with Gasteiger partial charge in [-0.25, -0.2) is 4.79 Å². The van der Waals surface area contributed by atoms with Crippen molar-refractivity contribution in [2.24, 2.45) is 0 Å². The lowest BCUT2D eigenvalue weighted by atomic mass is 10.1. The van der Waals surface area contributed by atoms with E-state index in [1.807, 2.05) is 0 Å². The third-order valence-corrected chi connectivity index (χ3v) is 2.76. The molecule has 17 heavy (non-hydrogen) atoms. The molecule has 0 aliphatic heterocycles. The summed E-state index contributed by atoms with van der Waals surface area (Å²) in [6.45, 7) is 1.41. The van der Waals surface area contributed by atoms with E-state index < -0.39 is 17.9 Å². The fourth-order valence-corrected chi connectivity index (χ4v) is 1.37. The fourth-order valence-electron chi connectivity index (χ4n) is 1.19. The van der Waals surface area contributed by atoms with Crippen LogP contribution in [0.1, 0.15) is 17.3 Å². The van der Waals surface area contributed by atoms with E-state index in [0.717, 1.165) is 4.90 Å². The number of carboxylic acid groups (broad SMARTS) is 1. The Morgan fingerprint density at radius 1 is 1.41 bits per heavy atom. The molecule has 2 N–H and O–H groups in total. The molecular weight excluding hydrogens is 246 g/mol. The molecule has 6 heteroatoms. The molecule has 5 nitrogen and oxygen atoms in total. The molecule has 0 saturated heterocycles. The van der Waals surface area contributed by atoms with Gasteiger partial charge in [-0.05, 0) is 25.1 Å². The number of phenols is 1. The summed E-state index contributed by atoms with van der Waals surface area (Å²) in [4.78, 5) is 23.7. The van der Waals surface area contributed by atoms with Crippen molar-refractivity contribution >= 4 is 23.5 Å². The van der Waals surface area contributed by atoms with Crippen LogP contribution in [0.2, 0.25) is 5.02 Å². The second kappa shape index (κ2) is 5.05. The number of hydrogen-bond acceptors (Lipinski definition) is 3. The summed E-state index contributed by atoms with van der Waals surface area (Å²) >= 11 is 5.67. The Morgan fingerprint density at radius 2 is 2.00 bits per heavy atom. The molecule has 1 aromatic rings. The zero-order chi connectivity index (χ0) is 13.2. The Kier molecular flexibility index (Phi) is 3.96. The lowest BCUT2D eigenvalue weighted by Gasteiger charge is -2.21. The highest BCUT2D eigenvalue weighted by molar-refractivity contribution is 6.32. The number of carboxylic acids is 1. The van der Waals surface area contributed by atoms with Crippen molar-refractivity contribution in [1.29, 1.82) is 0 Å². The first-order chi connectivity index (χ1) is 7.84. The van der Waals surface area contributed by atoms with Crippen LogP contribution in [0, 0.1) is 0 Å². The number of likely N-dealkylation sites (N-methyl/N-ethyl adjacent to an activating group) is 1. The highest BCUT2D eigenvalue weighted by Crippen LogP contribution is 2.24. The number of halogens is 1. The van der Waals surface area contributed by atoms with Crippen LogP contribution in [0.5, 0.6) is 5.75 Å². The summed E-state index contributed by atoms with van der Waals surface area (Å²) < 4.78 is 0. The van der Waals surface area contributed by atoms with Crippen LogP contribution in [0.25, 0.3) is 0 Å². The third kappa shape index (κ3) is 2.88. The van der Waals surface area contributed by atoms with Gasteiger partial charge >= 0.3 is 5.97 Å². The fraction of sp³-hybridized carbons (Fsp3) is 0.273. The van der Waals surface area contributed by atoms with Crippen LogP contribution in [-0.2, 0) is 4.79 Å². The molecule has 1 unspecified atom stereocenters. The third-order valence-electron chi connectivity index (χ3n) is 2.45. The minimum atomic E-state index is -1.09. The van der Waals surface area contributed by atoms with Crippen LogP contribution in [0.15, 0.2) is 18.2 Å². The number of aromatic hydroxyl groups is 1. The van der Waals surface area contributed by atoms with Crippen molar-refractivity contribution in [3.05, 3.63) is 28.8 Å². The van der Waals surface area contributed by atoms with Crippen molar-refractivity contribution in [1.82, 2.24) is 4.90 Å². The van der Waals surface area contributed by atoms with Crippen molar-refractivity contribution in [3.8, 4) is 5.75 Å². The van der Waals surface area contributed by atoms with Crippen LogP contribution in [-0.4, -0.2) is 40.1 Å². The maximum atomic E-state index is 11.9. The smallest absolute Gasteiger partial charge is 0.326 e. The summed E-state index contributed by atoms with van der Waals surface area (Å²) in [5, 5.41) is 18.0. The summed E-state index contributed by atoms with van der Waals surface area (Å²) in [5.74, 6) is -1.69. The topological polar surface area (TPSA) is 77.8 Å². The molecule has 0 fully saturated rings. The largest absolute Gasteiger partial charge is 0.506 e. The standard InChI is InChI=1S/C11H12ClNO4/c1-6(11(16)17)13(2)10(15)7-3-4-9(14)8(12)5-7/h3-6,14H,1-2H3,(H,16,17). The van der Waals surface area contributed by atoms with E-state index in [-0.39, 0.29) is 16.3 Å². The molecule has 0 aromatic heterocycles. The molecule has 1 aromatic carbocycles. The van der Waals surface area contributed by atoms with Gasteiger partial charge in [-0.3, -0.25) is 4.79 Å². The Balaban J connectivity index is 2.96. The molecule has 0 heterocycles. The molecule has 1 atom stereocenters. The van der Waals surface area contributed by atoms with Gasteiger partial charge < -0.3 is 15.1 Å². The summed E-state index contributed by atoms with van der Waals surface area (Å²) in [6.07, 6.45) is 0. The van der Waals surface area contributed by atoms with Crippen molar-refractivity contribution in [3.63, 3.8) is 0 Å². The van der Waals surface area contributed by atoms with Gasteiger partial charge in [-0.2, -0.15) is 0 Å². The lowest BCUT2D eigenvalue weighted by Crippen LogP contribution is -2.40. The van der Waals surface area contributed by atoms with E-state index in [1.54, 1.807) is 0 Å². The van der Waals surface area contributed by atoms with Crippen LogP contribution in [0.3, 0.4) is 0 Å². The second-order valence-corrected chi connectivity index (χ2v) is 4.00. The first-order valence-electron chi connectivity index (χ1n) is 4.83. The van der Waals surface area contributed by atoms with Gasteiger partial charge in [0.15, 0.2) is 0 Å². The number of phenolic OH excluding ortho intramolecular Hbond substituents is 1. The van der Waals surface area contributed by atoms with Crippen molar-refractivity contribution in [2.45, 2.75) is 13.0 Å². The van der Waals surface area contributed by atoms with Crippen molar-refractivity contribution in [2.75, 3.05) is 7.05 Å². The van der Waals surface area contributed by atoms with Gasteiger partial charge in [-0.1, -0.05) is 11.6 Å². The molecule has 0 aliphatic rings. The Hall–Kier alpha value is -1.75. The number of carbonyl (C=O) groups excluding carboxylic acids is 1. The van der Waals surface area contributed by atoms with Crippen LogP contribution >= 0.6 is 11.6 Å². The molecular formula is C11H12ClNO4. The van der Waals surface area contributed by atoms with Crippen LogP contribution in [0.4, 0.5) is 0 Å². The maximum absolute atomic E-state index is 11.9. The van der Waals surface area contributed by atoms with Crippen LogP contribution < -0.4 is 0 Å². The zero-order valence-electron chi connectivity index (χ0n) is 9.35. The van der Waals surface area contributed by atoms with Crippen molar-refractivity contribution < 1.29 is 19.8 Å². The minimum absolute atomic E-state index is 0.0484. The molecule has 1 rings (SSSR count). The highest BCUT2D eigenvalue weighted by atomic mass is 35.5. The number of amides is 1. The molecule has 92 valence electrons. The monoisotopic (exact) mass is 257 g/mol. The Bertz CT molecular complexity index is 461. The van der Waals surface area contributed by atoms with E-state index in [2.05, 4.69) is 0 Å². The first-order valence-corrected chi connectivity index (χ1v) is 5.21. The predicted octanol–water partition coefficient (Wildman–Crippen LogP) is 1.59. The predicted molar refractivity (Wildman–Crippen MR) is 62.3 cm³/mol. The van der Waals surface area contributed by atoms with Gasteiger partial charge in [0.25, 0.3) is 5.91 Å². The van der Waals surface area contributed by atoms with Gasteiger partial charge in [0.2, 0.25) is 0 Å². The summed E-state index contributed by atoms with van der Waals surface area (Å²) in [5.41, 5.74) is 0.225. The number of hydrogen-bond donors (Lipinski definition) is 2. The van der Waals surface area contributed by atoms with E-state index in [4.69, 9.17) is 16.7 Å². The normalized spacial score (nSPS) is 11.9. The van der Waals surface area contributed by atoms with E-state index >= 15 is 0 Å². The zero-order valence-corrected chi connectivity index (χ0v) is 10.1. The van der Waals surface area contributed by atoms with Gasteiger partial charge in [-0.15, -0.1) is 0 Å². The Morgan fingerprint density at radius 3 is 2.47 bits per heavy atom. The number of aliphatic carboxylic acids is 1. The summed E-state index contributed by atoms with van der Waals surface area (Å²) in [7, 11) is 1.39. The number of carbonyl (C=O) groups is 2. The number of benzene rings is 1. The number of rotatable bonds is 3. The van der Waals surface area contributed by atoms with Gasteiger partial charge in [0.1, 0.15) is 11.8 Å². The minimum Gasteiger partial charge on any atom is -0.506 e. The van der Waals surface area contributed by atoms with Gasteiger partial charge in [0, 0.05) is 12.6 Å². The molecule has 0 aliphatic carbocycles. The van der Waals surface area contributed by atoms with Gasteiger partial charge in [0.05, 0.1) is 5.02 Å². The maximum Gasteiger partial charge on any atom is 0.326 e. The lowest BCUT2D eigenvalue weighted by molar-refractivity contribution is -0.141. The average molecular weight is 258 g/mol. The SMILES string of the molecule is CC(C(=O)O)N(C)C(=O)c1ccc(O)c(Cl)c1. The molecule has 0 radical (unpaired) electrons. The average Bonchev–Trinajstić information content (AvgIpc) is 2.29. The first kappa shape index (κ1) is 13.3. The Labute approximate surface area is 103 Å². The van der Waals surface area contributed by atoms with E-state index in [0.29, 0.717) is 0 Å². The van der Waals surface area contributed by atoms with E-state index in [1.165, 1.54) is 32.2 Å². The quantitative estimate of drug-likeness (QED) is 0.862.